The highest BCUT2D eigenvalue weighted by Crippen LogP contribution is 2.33. The second-order valence-electron chi connectivity index (χ2n) is 10.9. The molecule has 37 heavy (non-hydrogen) atoms. The van der Waals surface area contributed by atoms with Crippen molar-refractivity contribution in [3.63, 3.8) is 0 Å². The van der Waals surface area contributed by atoms with Gasteiger partial charge in [0, 0.05) is 29.4 Å². The molecule has 0 radical (unpaired) electrons. The summed E-state index contributed by atoms with van der Waals surface area (Å²) in [5, 5.41) is 0. The standard InChI is InChI=1S/C29H34N4O3S/c1-18(2)13-24-12-11-21-14-23-16-26(27-19(3)7-5-8-20(27)4)31-29(30-23)32-37(35,36)25-10-6-9-22(15-25)28(34)33(24)17-21/h5-10,15-16,18,21,24H,11-14,17H2,1-4H3,(H,30,31,32)/t21-,24?/m0/s1. The molecule has 2 aromatic carbocycles. The Labute approximate surface area is 219 Å². The van der Waals surface area contributed by atoms with Gasteiger partial charge in [-0.25, -0.2) is 23.1 Å². The van der Waals surface area contributed by atoms with E-state index in [0.717, 1.165) is 41.6 Å². The number of nitrogens with one attached hydrogen (secondary N) is 1. The minimum atomic E-state index is -4.00. The Bertz CT molecular complexity index is 1430. The second-order valence-corrected chi connectivity index (χ2v) is 12.5. The first kappa shape index (κ1) is 25.4. The van der Waals surface area contributed by atoms with Gasteiger partial charge in [-0.15, -0.1) is 0 Å². The van der Waals surface area contributed by atoms with Gasteiger partial charge in [0.05, 0.1) is 10.6 Å². The van der Waals surface area contributed by atoms with Crippen LogP contribution in [0.4, 0.5) is 5.95 Å². The molecule has 1 fully saturated rings. The number of aromatic nitrogens is 2. The number of fused-ring (bicyclic) bond motifs is 6. The first-order valence-corrected chi connectivity index (χ1v) is 14.5. The van der Waals surface area contributed by atoms with Gasteiger partial charge < -0.3 is 4.90 Å². The molecule has 0 spiro atoms. The van der Waals surface area contributed by atoms with Crippen LogP contribution in [0.2, 0.25) is 0 Å². The number of hydrogen-bond acceptors (Lipinski definition) is 5. The molecule has 2 aliphatic rings. The Morgan fingerprint density at radius 2 is 1.76 bits per heavy atom. The van der Waals surface area contributed by atoms with Gasteiger partial charge in [0.1, 0.15) is 0 Å². The molecule has 5 rings (SSSR count). The molecule has 1 saturated heterocycles. The van der Waals surface area contributed by atoms with Crippen molar-refractivity contribution >= 4 is 21.9 Å². The normalized spacial score (nSPS) is 21.0. The Kier molecular flexibility index (Phi) is 6.79. The fraction of sp³-hybridized carbons (Fsp3) is 0.414. The largest absolute Gasteiger partial charge is 0.335 e. The molecule has 2 atom stereocenters. The van der Waals surface area contributed by atoms with Crippen LogP contribution in [0.5, 0.6) is 0 Å². The summed E-state index contributed by atoms with van der Waals surface area (Å²) in [6, 6.07) is 14.5. The Balaban J connectivity index is 1.65. The van der Waals surface area contributed by atoms with E-state index in [4.69, 9.17) is 0 Å². The quantitative estimate of drug-likeness (QED) is 0.502. The van der Waals surface area contributed by atoms with Crippen LogP contribution in [0.1, 0.15) is 60.3 Å². The van der Waals surface area contributed by atoms with E-state index in [1.54, 1.807) is 12.1 Å². The number of amides is 1. The monoisotopic (exact) mass is 518 g/mol. The zero-order chi connectivity index (χ0) is 26.3. The third-order valence-corrected chi connectivity index (χ3v) is 8.77. The summed E-state index contributed by atoms with van der Waals surface area (Å²) in [4.78, 5) is 25.0. The molecule has 8 heteroatoms. The topological polar surface area (TPSA) is 92.3 Å². The van der Waals surface area contributed by atoms with E-state index in [1.807, 2.05) is 43.0 Å². The second kappa shape index (κ2) is 9.89. The summed E-state index contributed by atoms with van der Waals surface area (Å²) in [7, 11) is -4.00. The lowest BCUT2D eigenvalue weighted by Crippen LogP contribution is -2.48. The van der Waals surface area contributed by atoms with Crippen LogP contribution < -0.4 is 4.72 Å². The molecular formula is C29H34N4O3S. The predicted octanol–water partition coefficient (Wildman–Crippen LogP) is 5.38. The first-order valence-electron chi connectivity index (χ1n) is 13.0. The van der Waals surface area contributed by atoms with Gasteiger partial charge in [0.2, 0.25) is 5.95 Å². The average molecular weight is 519 g/mol. The zero-order valence-electron chi connectivity index (χ0n) is 21.9. The lowest BCUT2D eigenvalue weighted by Gasteiger charge is -2.40. The molecule has 1 N–H and O–H groups in total. The Hall–Kier alpha value is -3.26. The van der Waals surface area contributed by atoms with E-state index in [9.17, 15) is 13.2 Å². The minimum Gasteiger partial charge on any atom is -0.335 e. The van der Waals surface area contributed by atoms with E-state index in [1.165, 1.54) is 12.1 Å². The van der Waals surface area contributed by atoms with E-state index < -0.39 is 10.0 Å². The average Bonchev–Trinajstić information content (AvgIpc) is 2.83. The zero-order valence-corrected chi connectivity index (χ0v) is 22.7. The number of sulfonamides is 1. The van der Waals surface area contributed by atoms with E-state index in [0.29, 0.717) is 30.1 Å². The molecule has 1 aromatic heterocycles. The highest BCUT2D eigenvalue weighted by Gasteiger charge is 2.34. The number of nitrogens with zero attached hydrogens (tertiary/aromatic N) is 3. The molecule has 1 amide bonds. The molecule has 0 aliphatic carbocycles. The van der Waals surface area contributed by atoms with Crippen molar-refractivity contribution in [2.75, 3.05) is 11.3 Å². The molecule has 3 aromatic rings. The van der Waals surface area contributed by atoms with Crippen molar-refractivity contribution < 1.29 is 13.2 Å². The fourth-order valence-corrected chi connectivity index (χ4v) is 6.73. The van der Waals surface area contributed by atoms with Crippen LogP contribution in [0.3, 0.4) is 0 Å². The number of aryl methyl sites for hydroxylation is 2. The number of hydrogen-bond donors (Lipinski definition) is 1. The van der Waals surface area contributed by atoms with Gasteiger partial charge >= 0.3 is 0 Å². The smallest absolute Gasteiger partial charge is 0.264 e. The maximum atomic E-state index is 13.7. The van der Waals surface area contributed by atoms with Gasteiger partial charge in [-0.1, -0.05) is 38.1 Å². The van der Waals surface area contributed by atoms with Gasteiger partial charge in [-0.2, -0.15) is 0 Å². The molecule has 1 unspecified atom stereocenters. The number of carbonyl (C=O) groups excluding carboxylic acids is 1. The van der Waals surface area contributed by atoms with Gasteiger partial charge in [0.25, 0.3) is 15.9 Å². The summed E-state index contributed by atoms with van der Waals surface area (Å²) < 4.78 is 29.4. The molecule has 6 bridgehead atoms. The van der Waals surface area contributed by atoms with Gasteiger partial charge in [-0.3, -0.25) is 4.79 Å². The summed E-state index contributed by atoms with van der Waals surface area (Å²) in [6.07, 6.45) is 3.48. The Morgan fingerprint density at radius 3 is 2.49 bits per heavy atom. The van der Waals surface area contributed by atoms with Crippen LogP contribution in [-0.4, -0.2) is 41.8 Å². The fourth-order valence-electron chi connectivity index (χ4n) is 5.74. The summed E-state index contributed by atoms with van der Waals surface area (Å²) in [5.41, 5.74) is 4.97. The van der Waals surface area contributed by atoms with Crippen molar-refractivity contribution in [1.82, 2.24) is 14.9 Å². The molecule has 3 heterocycles. The highest BCUT2D eigenvalue weighted by atomic mass is 32.2. The van der Waals surface area contributed by atoms with Crippen molar-refractivity contribution in [3.8, 4) is 11.3 Å². The summed E-state index contributed by atoms with van der Waals surface area (Å²) in [6.45, 7) is 9.03. The van der Waals surface area contributed by atoms with Crippen molar-refractivity contribution in [2.24, 2.45) is 11.8 Å². The highest BCUT2D eigenvalue weighted by molar-refractivity contribution is 7.92. The lowest BCUT2D eigenvalue weighted by molar-refractivity contribution is 0.0494. The number of carbonyl (C=O) groups is 1. The van der Waals surface area contributed by atoms with Crippen LogP contribution in [0, 0.1) is 25.7 Å². The molecule has 2 aliphatic heterocycles. The van der Waals surface area contributed by atoms with E-state index >= 15 is 0 Å². The van der Waals surface area contributed by atoms with Crippen LogP contribution >= 0.6 is 0 Å². The maximum absolute atomic E-state index is 13.7. The first-order chi connectivity index (χ1) is 17.6. The molecule has 194 valence electrons. The van der Waals surface area contributed by atoms with Crippen molar-refractivity contribution in [2.45, 2.75) is 64.3 Å². The third-order valence-electron chi connectivity index (χ3n) is 7.44. The van der Waals surface area contributed by atoms with Crippen LogP contribution in [0.25, 0.3) is 11.3 Å². The summed E-state index contributed by atoms with van der Waals surface area (Å²) in [5.74, 6) is 0.623. The Morgan fingerprint density at radius 1 is 1.03 bits per heavy atom. The number of rotatable bonds is 3. The van der Waals surface area contributed by atoms with Crippen LogP contribution in [-0.2, 0) is 16.4 Å². The SMILES string of the molecule is Cc1cccc(C)c1-c1cc2nc(n1)NS(=O)(=O)c1cccc(c1)C(=O)N1C[C@@H](CCC1CC(C)C)C2. The maximum Gasteiger partial charge on any atom is 0.264 e. The van der Waals surface area contributed by atoms with Crippen LogP contribution in [0.15, 0.2) is 53.4 Å². The molecular weight excluding hydrogens is 484 g/mol. The number of anilines is 1. The minimum absolute atomic E-state index is 0.0224. The number of benzene rings is 2. The lowest BCUT2D eigenvalue weighted by atomic mass is 9.85. The summed E-state index contributed by atoms with van der Waals surface area (Å²) >= 11 is 0. The van der Waals surface area contributed by atoms with E-state index in [-0.39, 0.29) is 28.7 Å². The predicted molar refractivity (Wildman–Crippen MR) is 145 cm³/mol. The van der Waals surface area contributed by atoms with Gasteiger partial charge in [-0.05, 0) is 86.8 Å². The van der Waals surface area contributed by atoms with E-state index in [2.05, 4.69) is 28.5 Å². The third kappa shape index (κ3) is 5.25. The molecule has 7 nitrogen and oxygen atoms in total. The molecule has 0 saturated carbocycles. The number of piperidine rings is 1. The van der Waals surface area contributed by atoms with Gasteiger partial charge in [0.15, 0.2) is 0 Å². The van der Waals surface area contributed by atoms with Crippen molar-refractivity contribution in [1.29, 1.82) is 0 Å². The van der Waals surface area contributed by atoms with Crippen molar-refractivity contribution in [3.05, 3.63) is 70.9 Å².